The Balaban J connectivity index is 1.78. The highest BCUT2D eigenvalue weighted by Crippen LogP contribution is 2.35. The number of likely N-dealkylation sites (N-methyl/N-ethyl adjacent to an activating group) is 1. The summed E-state index contributed by atoms with van der Waals surface area (Å²) >= 11 is 0. The Labute approximate surface area is 126 Å². The number of nitrogens with one attached hydrogen (secondary N) is 1. The average molecular weight is 280 g/mol. The van der Waals surface area contributed by atoms with Crippen LogP contribution in [0.2, 0.25) is 0 Å². The van der Waals surface area contributed by atoms with E-state index in [-0.39, 0.29) is 0 Å². The predicted molar refractivity (Wildman–Crippen MR) is 88.0 cm³/mol. The molecule has 0 amide bonds. The van der Waals surface area contributed by atoms with Gasteiger partial charge >= 0.3 is 0 Å². The van der Waals surface area contributed by atoms with Gasteiger partial charge in [0.05, 0.1) is 0 Å². The summed E-state index contributed by atoms with van der Waals surface area (Å²) in [6.45, 7) is 7.28. The molecule has 0 aromatic rings. The number of nitrogens with zero attached hydrogens (tertiary/aromatic N) is 1. The minimum absolute atomic E-state index is 0.416. The van der Waals surface area contributed by atoms with Crippen LogP contribution in [-0.4, -0.2) is 37.6 Å². The first-order valence-electron chi connectivity index (χ1n) is 8.90. The van der Waals surface area contributed by atoms with E-state index >= 15 is 0 Å². The van der Waals surface area contributed by atoms with Crippen LogP contribution in [0.4, 0.5) is 0 Å². The molecule has 1 N–H and O–H groups in total. The lowest BCUT2D eigenvalue weighted by Gasteiger charge is -2.45. The van der Waals surface area contributed by atoms with E-state index in [9.17, 15) is 0 Å². The molecule has 0 saturated heterocycles. The van der Waals surface area contributed by atoms with Gasteiger partial charge in [-0.2, -0.15) is 0 Å². The van der Waals surface area contributed by atoms with E-state index in [1.54, 1.807) is 0 Å². The monoisotopic (exact) mass is 280 g/mol. The third kappa shape index (κ3) is 4.21. The fourth-order valence-corrected chi connectivity index (χ4v) is 4.40. The average Bonchev–Trinajstić information content (AvgIpc) is 2.41. The van der Waals surface area contributed by atoms with Gasteiger partial charge in [-0.15, -0.1) is 0 Å². The lowest BCUT2D eigenvalue weighted by Crippen LogP contribution is -2.54. The van der Waals surface area contributed by atoms with Gasteiger partial charge in [0.15, 0.2) is 0 Å². The minimum atomic E-state index is 0.416. The van der Waals surface area contributed by atoms with Crippen molar-refractivity contribution in [1.29, 1.82) is 0 Å². The summed E-state index contributed by atoms with van der Waals surface area (Å²) in [4.78, 5) is 2.50. The van der Waals surface area contributed by atoms with Crippen LogP contribution in [0.1, 0.15) is 65.2 Å². The molecule has 0 heterocycles. The van der Waals surface area contributed by atoms with Crippen molar-refractivity contribution in [2.75, 3.05) is 27.2 Å². The van der Waals surface area contributed by atoms with Gasteiger partial charge in [-0.3, -0.25) is 0 Å². The second kappa shape index (κ2) is 7.26. The zero-order valence-corrected chi connectivity index (χ0v) is 14.3. The van der Waals surface area contributed by atoms with Crippen LogP contribution in [0.3, 0.4) is 0 Å². The molecule has 0 aliphatic heterocycles. The van der Waals surface area contributed by atoms with Crippen LogP contribution in [-0.2, 0) is 0 Å². The van der Waals surface area contributed by atoms with Crippen LogP contribution < -0.4 is 5.32 Å². The fraction of sp³-hybridized carbons (Fsp3) is 1.00. The van der Waals surface area contributed by atoms with E-state index in [1.807, 2.05) is 0 Å². The largest absolute Gasteiger partial charge is 0.315 e. The summed E-state index contributed by atoms with van der Waals surface area (Å²) in [6, 6.07) is 0. The van der Waals surface area contributed by atoms with Crippen molar-refractivity contribution in [1.82, 2.24) is 10.2 Å². The Morgan fingerprint density at radius 2 is 1.70 bits per heavy atom. The summed E-state index contributed by atoms with van der Waals surface area (Å²) in [7, 11) is 4.56. The van der Waals surface area contributed by atoms with Crippen molar-refractivity contribution in [2.45, 2.75) is 70.8 Å². The summed E-state index contributed by atoms with van der Waals surface area (Å²) in [6.07, 6.45) is 11.4. The SMILES string of the molecule is CC1CCC(CNCC2(N(C)C)CCCC(C)C2)CC1. The second-order valence-corrected chi connectivity index (χ2v) is 8.08. The molecular formula is C18H36N2. The molecule has 2 nitrogen and oxygen atoms in total. The van der Waals surface area contributed by atoms with Crippen LogP contribution in [0.5, 0.6) is 0 Å². The van der Waals surface area contributed by atoms with Crippen molar-refractivity contribution in [3.8, 4) is 0 Å². The highest BCUT2D eigenvalue weighted by Gasteiger charge is 2.36. The topological polar surface area (TPSA) is 15.3 Å². The molecule has 0 spiro atoms. The Morgan fingerprint density at radius 1 is 1.00 bits per heavy atom. The van der Waals surface area contributed by atoms with E-state index in [0.717, 1.165) is 17.8 Å². The van der Waals surface area contributed by atoms with Crippen LogP contribution in [0, 0.1) is 17.8 Å². The van der Waals surface area contributed by atoms with Gasteiger partial charge in [0.1, 0.15) is 0 Å². The minimum Gasteiger partial charge on any atom is -0.315 e. The van der Waals surface area contributed by atoms with Gasteiger partial charge in [-0.1, -0.05) is 39.5 Å². The molecule has 2 saturated carbocycles. The molecule has 2 aliphatic rings. The summed E-state index contributed by atoms with van der Waals surface area (Å²) in [5.41, 5.74) is 0.416. The lowest BCUT2D eigenvalue weighted by molar-refractivity contribution is 0.0734. The third-order valence-corrected chi connectivity index (χ3v) is 6.04. The normalized spacial score (nSPS) is 39.1. The maximum absolute atomic E-state index is 3.84. The quantitative estimate of drug-likeness (QED) is 0.821. The molecule has 0 aromatic carbocycles. The number of hydrogen-bond donors (Lipinski definition) is 1. The second-order valence-electron chi connectivity index (χ2n) is 8.08. The van der Waals surface area contributed by atoms with Gasteiger partial charge in [-0.05, 0) is 64.1 Å². The van der Waals surface area contributed by atoms with Crippen LogP contribution in [0.15, 0.2) is 0 Å². The zero-order chi connectivity index (χ0) is 14.6. The van der Waals surface area contributed by atoms with Crippen molar-refractivity contribution in [3.63, 3.8) is 0 Å². The zero-order valence-electron chi connectivity index (χ0n) is 14.3. The first-order chi connectivity index (χ1) is 9.52. The number of rotatable bonds is 5. The van der Waals surface area contributed by atoms with E-state index in [4.69, 9.17) is 0 Å². The van der Waals surface area contributed by atoms with E-state index in [2.05, 4.69) is 38.2 Å². The van der Waals surface area contributed by atoms with Gasteiger partial charge < -0.3 is 10.2 Å². The molecule has 2 fully saturated rings. The molecule has 2 atom stereocenters. The summed E-state index contributed by atoms with van der Waals surface area (Å²) in [5.74, 6) is 2.80. The molecule has 0 bridgehead atoms. The highest BCUT2D eigenvalue weighted by molar-refractivity contribution is 4.94. The van der Waals surface area contributed by atoms with Crippen LogP contribution in [0.25, 0.3) is 0 Å². The van der Waals surface area contributed by atoms with Gasteiger partial charge in [0.2, 0.25) is 0 Å². The van der Waals surface area contributed by atoms with Crippen molar-refractivity contribution < 1.29 is 0 Å². The molecule has 2 unspecified atom stereocenters. The summed E-state index contributed by atoms with van der Waals surface area (Å²) < 4.78 is 0. The fourth-order valence-electron chi connectivity index (χ4n) is 4.40. The smallest absolute Gasteiger partial charge is 0.0330 e. The third-order valence-electron chi connectivity index (χ3n) is 6.04. The van der Waals surface area contributed by atoms with Gasteiger partial charge in [0, 0.05) is 12.1 Å². The van der Waals surface area contributed by atoms with Gasteiger partial charge in [-0.25, -0.2) is 0 Å². The summed E-state index contributed by atoms with van der Waals surface area (Å²) in [5, 5.41) is 3.84. The first-order valence-corrected chi connectivity index (χ1v) is 8.90. The van der Waals surface area contributed by atoms with E-state index in [0.29, 0.717) is 5.54 Å². The molecular weight excluding hydrogens is 244 g/mol. The Bertz CT molecular complexity index is 281. The molecule has 20 heavy (non-hydrogen) atoms. The highest BCUT2D eigenvalue weighted by atomic mass is 15.2. The standard InChI is InChI=1S/C18H36N2/c1-15-7-9-17(10-8-15)13-19-14-18(20(3)4)11-5-6-16(2)12-18/h15-17,19H,5-14H2,1-4H3. The molecule has 2 aliphatic carbocycles. The Kier molecular flexibility index (Phi) is 5.92. The molecule has 0 radical (unpaired) electrons. The van der Waals surface area contributed by atoms with E-state index < -0.39 is 0 Å². The Hall–Kier alpha value is -0.0800. The first kappa shape index (κ1) is 16.3. The van der Waals surface area contributed by atoms with Crippen LogP contribution >= 0.6 is 0 Å². The molecule has 118 valence electrons. The maximum Gasteiger partial charge on any atom is 0.0330 e. The van der Waals surface area contributed by atoms with Crippen molar-refractivity contribution in [3.05, 3.63) is 0 Å². The van der Waals surface area contributed by atoms with Crippen molar-refractivity contribution >= 4 is 0 Å². The maximum atomic E-state index is 3.84. The predicted octanol–water partition coefficient (Wildman–Crippen LogP) is 3.91. The Morgan fingerprint density at radius 3 is 2.30 bits per heavy atom. The van der Waals surface area contributed by atoms with Crippen molar-refractivity contribution in [2.24, 2.45) is 17.8 Å². The molecule has 2 heteroatoms. The molecule has 0 aromatic heterocycles. The number of hydrogen-bond acceptors (Lipinski definition) is 2. The van der Waals surface area contributed by atoms with E-state index in [1.165, 1.54) is 64.5 Å². The van der Waals surface area contributed by atoms with Gasteiger partial charge in [0.25, 0.3) is 0 Å². The molecule has 2 rings (SSSR count). The lowest BCUT2D eigenvalue weighted by atomic mass is 9.75.